The third kappa shape index (κ3) is 1.87. The van der Waals surface area contributed by atoms with E-state index in [0.29, 0.717) is 18.1 Å². The molecule has 0 aromatic heterocycles. The van der Waals surface area contributed by atoms with Gasteiger partial charge in [0.25, 0.3) is 0 Å². The van der Waals surface area contributed by atoms with E-state index < -0.39 is 5.41 Å². The maximum absolute atomic E-state index is 12.6. The molecule has 0 saturated heterocycles. The van der Waals surface area contributed by atoms with Crippen molar-refractivity contribution in [3.05, 3.63) is 11.6 Å². The summed E-state index contributed by atoms with van der Waals surface area (Å²) in [4.78, 5) is 25.1. The fraction of sp³-hybridized carbons (Fsp3) is 0.789. The van der Waals surface area contributed by atoms with Crippen LogP contribution in [0.1, 0.15) is 65.7 Å². The Hall–Kier alpha value is -1.12. The van der Waals surface area contributed by atoms with Gasteiger partial charge in [-0.15, -0.1) is 0 Å². The number of ketones is 1. The summed E-state index contributed by atoms with van der Waals surface area (Å²) in [5, 5.41) is 0. The van der Waals surface area contributed by atoms with Crippen molar-refractivity contribution in [3.63, 3.8) is 0 Å². The summed E-state index contributed by atoms with van der Waals surface area (Å²) in [6.45, 7) is 6.50. The molecule has 122 valence electrons. The molecular weight excluding hydrogens is 276 g/mol. The molecule has 0 N–H and O–H groups in total. The molecule has 0 aromatic rings. The van der Waals surface area contributed by atoms with Crippen LogP contribution in [0.5, 0.6) is 0 Å². The van der Waals surface area contributed by atoms with Gasteiger partial charge < -0.3 is 4.74 Å². The van der Waals surface area contributed by atoms with Crippen molar-refractivity contribution in [1.29, 1.82) is 0 Å². The first kappa shape index (κ1) is 15.8. The summed E-state index contributed by atoms with van der Waals surface area (Å²) in [6.07, 6.45) is 8.61. The number of ether oxygens (including phenoxy) is 1. The molecule has 22 heavy (non-hydrogen) atoms. The van der Waals surface area contributed by atoms with Crippen molar-refractivity contribution in [2.24, 2.45) is 22.2 Å². The Labute approximate surface area is 133 Å². The number of allylic oxidation sites excluding steroid dienone is 1. The van der Waals surface area contributed by atoms with E-state index in [-0.39, 0.29) is 16.8 Å². The minimum absolute atomic E-state index is 0.0374. The second-order valence-electron chi connectivity index (χ2n) is 8.24. The third-order valence-electron chi connectivity index (χ3n) is 6.95. The van der Waals surface area contributed by atoms with E-state index in [2.05, 4.69) is 26.8 Å². The van der Waals surface area contributed by atoms with E-state index in [4.69, 9.17) is 4.74 Å². The van der Waals surface area contributed by atoms with Crippen LogP contribution in [-0.4, -0.2) is 18.9 Å². The van der Waals surface area contributed by atoms with Crippen molar-refractivity contribution in [3.8, 4) is 0 Å². The zero-order chi connectivity index (χ0) is 16.2. The number of carbonyl (C=O) groups excluding carboxylic acids is 2. The molecule has 0 amide bonds. The van der Waals surface area contributed by atoms with E-state index in [1.807, 2.05) is 0 Å². The molecule has 0 heterocycles. The number of esters is 1. The van der Waals surface area contributed by atoms with Crippen LogP contribution in [0.4, 0.5) is 0 Å². The summed E-state index contributed by atoms with van der Waals surface area (Å²) in [5.74, 6) is 0.660. The van der Waals surface area contributed by atoms with Crippen molar-refractivity contribution in [1.82, 2.24) is 0 Å². The maximum atomic E-state index is 12.6. The molecule has 1 unspecified atom stereocenters. The molecule has 3 rings (SSSR count). The first-order valence-corrected chi connectivity index (χ1v) is 8.62. The van der Waals surface area contributed by atoms with Gasteiger partial charge in [-0.05, 0) is 49.9 Å². The van der Waals surface area contributed by atoms with Crippen molar-refractivity contribution in [2.45, 2.75) is 65.7 Å². The smallest absolute Gasteiger partial charge is 0.315 e. The van der Waals surface area contributed by atoms with Crippen LogP contribution in [0.15, 0.2) is 11.6 Å². The Morgan fingerprint density at radius 3 is 2.64 bits per heavy atom. The van der Waals surface area contributed by atoms with E-state index in [1.54, 1.807) is 0 Å². The standard InChI is InChI=1S/C19H28O3/c1-17(2)13-8-12-19(16(21)22-4)10-6-5-7-14(19)18(13,3)11-9-15(17)20/h7,13H,5-6,8-12H2,1-4H3/t13-,18-,19?/m0/s1. The highest BCUT2D eigenvalue weighted by Crippen LogP contribution is 2.65. The Kier molecular flexibility index (Phi) is 3.54. The van der Waals surface area contributed by atoms with Gasteiger partial charge in [0.05, 0.1) is 12.5 Å². The SMILES string of the molecule is COC(=O)C12CCCC=C1[C@@]1(C)CCC(=O)C(C)(C)[C@@H]1CC2. The summed E-state index contributed by atoms with van der Waals surface area (Å²) in [5.41, 5.74) is 0.543. The van der Waals surface area contributed by atoms with Crippen LogP contribution in [0.2, 0.25) is 0 Å². The Balaban J connectivity index is 2.10. The summed E-state index contributed by atoms with van der Waals surface area (Å²) in [6, 6.07) is 0. The lowest BCUT2D eigenvalue weighted by Gasteiger charge is -2.59. The molecular formula is C19H28O3. The second kappa shape index (κ2) is 4.94. The molecule has 0 spiro atoms. The number of rotatable bonds is 1. The summed E-state index contributed by atoms with van der Waals surface area (Å²) >= 11 is 0. The molecule has 3 atom stereocenters. The van der Waals surface area contributed by atoms with Gasteiger partial charge in [0.1, 0.15) is 5.78 Å². The molecule has 3 aliphatic carbocycles. The van der Waals surface area contributed by atoms with Gasteiger partial charge in [-0.2, -0.15) is 0 Å². The van der Waals surface area contributed by atoms with Crippen LogP contribution in [0.25, 0.3) is 0 Å². The molecule has 0 radical (unpaired) electrons. The predicted molar refractivity (Wildman–Crippen MR) is 85.2 cm³/mol. The molecule has 3 heteroatoms. The van der Waals surface area contributed by atoms with Gasteiger partial charge in [-0.1, -0.05) is 32.4 Å². The molecule has 2 fully saturated rings. The number of hydrogen-bond donors (Lipinski definition) is 0. The fourth-order valence-corrected chi connectivity index (χ4v) is 5.78. The lowest BCUT2D eigenvalue weighted by molar-refractivity contribution is -0.159. The highest BCUT2D eigenvalue weighted by molar-refractivity contribution is 5.87. The average molecular weight is 304 g/mol. The van der Waals surface area contributed by atoms with Crippen molar-refractivity contribution < 1.29 is 14.3 Å². The van der Waals surface area contributed by atoms with Crippen LogP contribution >= 0.6 is 0 Å². The van der Waals surface area contributed by atoms with Gasteiger partial charge in [0.2, 0.25) is 0 Å². The van der Waals surface area contributed by atoms with Crippen LogP contribution < -0.4 is 0 Å². The Bertz CT molecular complexity index is 545. The van der Waals surface area contributed by atoms with Crippen LogP contribution in [0, 0.1) is 22.2 Å². The van der Waals surface area contributed by atoms with E-state index >= 15 is 0 Å². The first-order chi connectivity index (χ1) is 10.3. The minimum Gasteiger partial charge on any atom is -0.468 e. The number of methoxy groups -OCH3 is 1. The van der Waals surface area contributed by atoms with E-state index in [1.165, 1.54) is 12.7 Å². The number of carbonyl (C=O) groups is 2. The Morgan fingerprint density at radius 2 is 1.95 bits per heavy atom. The lowest BCUT2D eigenvalue weighted by atomic mass is 9.43. The van der Waals surface area contributed by atoms with E-state index in [0.717, 1.165) is 38.5 Å². The molecule has 3 nitrogen and oxygen atoms in total. The highest BCUT2D eigenvalue weighted by Gasteiger charge is 2.61. The van der Waals surface area contributed by atoms with Gasteiger partial charge in [0, 0.05) is 11.8 Å². The number of fused-ring (bicyclic) bond motifs is 3. The monoisotopic (exact) mass is 304 g/mol. The Morgan fingerprint density at radius 1 is 1.23 bits per heavy atom. The summed E-state index contributed by atoms with van der Waals surface area (Å²) < 4.78 is 5.20. The van der Waals surface area contributed by atoms with E-state index in [9.17, 15) is 9.59 Å². The lowest BCUT2D eigenvalue weighted by Crippen LogP contribution is -2.56. The van der Waals surface area contributed by atoms with Crippen LogP contribution in [-0.2, 0) is 14.3 Å². The number of hydrogen-bond acceptors (Lipinski definition) is 3. The molecule has 0 bridgehead atoms. The normalized spacial score (nSPS) is 40.3. The minimum atomic E-state index is -0.422. The molecule has 0 aromatic carbocycles. The molecule has 2 saturated carbocycles. The second-order valence-corrected chi connectivity index (χ2v) is 8.24. The van der Waals surface area contributed by atoms with Crippen LogP contribution in [0.3, 0.4) is 0 Å². The zero-order valence-corrected chi connectivity index (χ0v) is 14.3. The fourth-order valence-electron chi connectivity index (χ4n) is 5.78. The largest absolute Gasteiger partial charge is 0.468 e. The average Bonchev–Trinajstić information content (AvgIpc) is 2.50. The topological polar surface area (TPSA) is 43.4 Å². The summed E-state index contributed by atoms with van der Waals surface area (Å²) in [7, 11) is 1.51. The molecule has 0 aliphatic heterocycles. The zero-order valence-electron chi connectivity index (χ0n) is 14.3. The van der Waals surface area contributed by atoms with Gasteiger partial charge >= 0.3 is 5.97 Å². The number of Topliss-reactive ketones (excluding diaryl/α,β-unsaturated/α-hetero) is 1. The van der Waals surface area contributed by atoms with Gasteiger partial charge in [-0.3, -0.25) is 9.59 Å². The third-order valence-corrected chi connectivity index (χ3v) is 6.95. The van der Waals surface area contributed by atoms with Gasteiger partial charge in [-0.25, -0.2) is 0 Å². The van der Waals surface area contributed by atoms with Crippen molar-refractivity contribution >= 4 is 11.8 Å². The predicted octanol–water partition coefficient (Wildman–Crippen LogP) is 4.06. The molecule has 3 aliphatic rings. The first-order valence-electron chi connectivity index (χ1n) is 8.62. The van der Waals surface area contributed by atoms with Gasteiger partial charge in [0.15, 0.2) is 0 Å². The van der Waals surface area contributed by atoms with Crippen molar-refractivity contribution in [2.75, 3.05) is 7.11 Å². The quantitative estimate of drug-likeness (QED) is 0.542. The highest BCUT2D eigenvalue weighted by atomic mass is 16.5. The maximum Gasteiger partial charge on any atom is 0.315 e.